The molecule has 0 saturated heterocycles. The number of fused-ring (bicyclic) bond motifs is 1. The van der Waals surface area contributed by atoms with E-state index in [-0.39, 0.29) is 11.7 Å². The van der Waals surface area contributed by atoms with Crippen molar-refractivity contribution in [3.8, 4) is 0 Å². The third kappa shape index (κ3) is 2.01. The summed E-state index contributed by atoms with van der Waals surface area (Å²) in [7, 11) is 1.86. The third-order valence-electron chi connectivity index (χ3n) is 2.58. The van der Waals surface area contributed by atoms with Gasteiger partial charge in [-0.3, -0.25) is 0 Å². The van der Waals surface area contributed by atoms with E-state index in [4.69, 9.17) is 0 Å². The molecule has 0 radical (unpaired) electrons. The van der Waals surface area contributed by atoms with Gasteiger partial charge >= 0.3 is 5.69 Å². The summed E-state index contributed by atoms with van der Waals surface area (Å²) >= 11 is 3.37. The van der Waals surface area contributed by atoms with E-state index >= 15 is 0 Å². The molecule has 2 aromatic rings. The maximum atomic E-state index is 11.4. The van der Waals surface area contributed by atoms with Crippen LogP contribution >= 0.6 is 15.9 Å². The number of nitrogens with zero attached hydrogens (tertiary/aromatic N) is 1. The van der Waals surface area contributed by atoms with Crippen molar-refractivity contribution < 1.29 is 0 Å². The normalized spacial score (nSPS) is 12.9. The minimum atomic E-state index is -0.317. The first-order valence-electron chi connectivity index (χ1n) is 4.98. The third-order valence-corrected chi connectivity index (χ3v) is 3.07. The number of hydrogen-bond acceptors (Lipinski definition) is 3. The van der Waals surface area contributed by atoms with Crippen molar-refractivity contribution in [1.29, 1.82) is 0 Å². The van der Waals surface area contributed by atoms with Crippen molar-refractivity contribution in [2.45, 2.75) is 13.0 Å². The van der Waals surface area contributed by atoms with Gasteiger partial charge in [-0.05, 0) is 32.2 Å². The molecule has 0 saturated carbocycles. The SMILES string of the molecule is CNC(C)c1[nH]c(=O)nc2cc(Br)ccc12. The molecule has 84 valence electrons. The van der Waals surface area contributed by atoms with E-state index < -0.39 is 0 Å². The van der Waals surface area contributed by atoms with Crippen LogP contribution in [0.3, 0.4) is 0 Å². The van der Waals surface area contributed by atoms with E-state index in [1.807, 2.05) is 32.2 Å². The maximum Gasteiger partial charge on any atom is 0.345 e. The lowest BCUT2D eigenvalue weighted by molar-refractivity contribution is 0.634. The van der Waals surface area contributed by atoms with Gasteiger partial charge in [-0.2, -0.15) is 4.98 Å². The Morgan fingerprint density at radius 2 is 2.25 bits per heavy atom. The fraction of sp³-hybridized carbons (Fsp3) is 0.273. The Morgan fingerprint density at radius 1 is 1.50 bits per heavy atom. The van der Waals surface area contributed by atoms with Gasteiger partial charge in [0.05, 0.1) is 5.52 Å². The number of H-pyrrole nitrogens is 1. The monoisotopic (exact) mass is 281 g/mol. The lowest BCUT2D eigenvalue weighted by Crippen LogP contribution is -2.20. The Balaban J connectivity index is 2.77. The van der Waals surface area contributed by atoms with E-state index in [9.17, 15) is 4.79 Å². The number of hydrogen-bond donors (Lipinski definition) is 2. The van der Waals surface area contributed by atoms with Gasteiger partial charge in [0.2, 0.25) is 0 Å². The molecule has 5 heteroatoms. The van der Waals surface area contributed by atoms with Gasteiger partial charge in [-0.1, -0.05) is 15.9 Å². The first kappa shape index (κ1) is 11.3. The highest BCUT2D eigenvalue weighted by molar-refractivity contribution is 9.10. The quantitative estimate of drug-likeness (QED) is 0.885. The lowest BCUT2D eigenvalue weighted by atomic mass is 10.1. The van der Waals surface area contributed by atoms with Crippen LogP contribution in [0.2, 0.25) is 0 Å². The Hall–Kier alpha value is -1.20. The standard InChI is InChI=1S/C11H12BrN3O/c1-6(13-2)10-8-4-3-7(12)5-9(8)14-11(16)15-10/h3-6,13H,1-2H3,(H,14,15,16). The van der Waals surface area contributed by atoms with E-state index in [1.165, 1.54) is 0 Å². The van der Waals surface area contributed by atoms with Crippen molar-refractivity contribution in [1.82, 2.24) is 15.3 Å². The summed E-state index contributed by atoms with van der Waals surface area (Å²) in [5, 5.41) is 4.07. The molecule has 1 aromatic carbocycles. The van der Waals surface area contributed by atoms with E-state index in [0.29, 0.717) is 5.52 Å². The molecule has 1 atom stereocenters. The number of halogens is 1. The summed E-state index contributed by atoms with van der Waals surface area (Å²) < 4.78 is 0.918. The van der Waals surface area contributed by atoms with Gasteiger partial charge in [0, 0.05) is 21.6 Å². The molecular weight excluding hydrogens is 270 g/mol. The van der Waals surface area contributed by atoms with Crippen LogP contribution in [0.25, 0.3) is 10.9 Å². The second-order valence-electron chi connectivity index (χ2n) is 3.63. The van der Waals surface area contributed by atoms with Gasteiger partial charge in [0.1, 0.15) is 0 Å². The van der Waals surface area contributed by atoms with Gasteiger partial charge in [-0.15, -0.1) is 0 Å². The summed E-state index contributed by atoms with van der Waals surface area (Å²) in [6, 6.07) is 5.82. The molecule has 1 heterocycles. The summed E-state index contributed by atoms with van der Waals surface area (Å²) in [5.41, 5.74) is 1.25. The molecule has 1 aromatic heterocycles. The van der Waals surface area contributed by atoms with Gasteiger partial charge in [-0.25, -0.2) is 4.79 Å². The minimum absolute atomic E-state index is 0.0828. The highest BCUT2D eigenvalue weighted by atomic mass is 79.9. The van der Waals surface area contributed by atoms with Crippen molar-refractivity contribution >= 4 is 26.8 Å². The van der Waals surface area contributed by atoms with Crippen LogP contribution in [0.1, 0.15) is 18.7 Å². The molecule has 2 rings (SSSR count). The second kappa shape index (κ2) is 4.35. The molecule has 0 spiro atoms. The summed E-state index contributed by atoms with van der Waals surface area (Å²) in [5.74, 6) is 0. The fourth-order valence-electron chi connectivity index (χ4n) is 1.63. The van der Waals surface area contributed by atoms with Crippen LogP contribution in [0.4, 0.5) is 0 Å². The van der Waals surface area contributed by atoms with Gasteiger partial charge < -0.3 is 10.3 Å². The molecule has 1 unspecified atom stereocenters. The molecule has 0 aliphatic carbocycles. The first-order valence-corrected chi connectivity index (χ1v) is 5.78. The largest absolute Gasteiger partial charge is 0.345 e. The predicted octanol–water partition coefficient (Wildman–Crippen LogP) is 1.97. The highest BCUT2D eigenvalue weighted by Gasteiger charge is 2.10. The van der Waals surface area contributed by atoms with Crippen LogP contribution in [0.15, 0.2) is 27.5 Å². The molecule has 0 bridgehead atoms. The summed E-state index contributed by atoms with van der Waals surface area (Å²) in [6.45, 7) is 1.99. The van der Waals surface area contributed by atoms with Crippen LogP contribution in [-0.4, -0.2) is 17.0 Å². The molecule has 16 heavy (non-hydrogen) atoms. The van der Waals surface area contributed by atoms with Crippen LogP contribution in [0, 0.1) is 0 Å². The van der Waals surface area contributed by atoms with E-state index in [1.54, 1.807) is 0 Å². The van der Waals surface area contributed by atoms with Crippen molar-refractivity contribution in [2.75, 3.05) is 7.05 Å². The second-order valence-corrected chi connectivity index (χ2v) is 4.54. The molecule has 0 aliphatic rings. The van der Waals surface area contributed by atoms with Crippen LogP contribution in [0.5, 0.6) is 0 Å². The summed E-state index contributed by atoms with van der Waals surface area (Å²) in [6.07, 6.45) is 0. The number of benzene rings is 1. The molecule has 2 N–H and O–H groups in total. The van der Waals surface area contributed by atoms with Crippen LogP contribution in [-0.2, 0) is 0 Å². The minimum Gasteiger partial charge on any atom is -0.312 e. The highest BCUT2D eigenvalue weighted by Crippen LogP contribution is 2.22. The van der Waals surface area contributed by atoms with E-state index in [2.05, 4.69) is 31.2 Å². The number of nitrogens with one attached hydrogen (secondary N) is 2. The predicted molar refractivity (Wildman–Crippen MR) is 67.5 cm³/mol. The van der Waals surface area contributed by atoms with E-state index in [0.717, 1.165) is 15.6 Å². The van der Waals surface area contributed by atoms with Crippen molar-refractivity contribution in [3.63, 3.8) is 0 Å². The molecule has 0 aliphatic heterocycles. The fourth-order valence-corrected chi connectivity index (χ4v) is 1.98. The number of aromatic amines is 1. The zero-order valence-electron chi connectivity index (χ0n) is 9.04. The van der Waals surface area contributed by atoms with Crippen molar-refractivity contribution in [3.05, 3.63) is 38.9 Å². The number of aromatic nitrogens is 2. The zero-order chi connectivity index (χ0) is 11.7. The first-order chi connectivity index (χ1) is 7.61. The summed E-state index contributed by atoms with van der Waals surface area (Å²) in [4.78, 5) is 18.1. The van der Waals surface area contributed by atoms with Gasteiger partial charge in [0.25, 0.3) is 0 Å². The average Bonchev–Trinajstić information content (AvgIpc) is 2.26. The lowest BCUT2D eigenvalue weighted by Gasteiger charge is -2.12. The Bertz CT molecular complexity index is 579. The smallest absolute Gasteiger partial charge is 0.312 e. The average molecular weight is 282 g/mol. The zero-order valence-corrected chi connectivity index (χ0v) is 10.6. The number of rotatable bonds is 2. The Morgan fingerprint density at radius 3 is 2.94 bits per heavy atom. The van der Waals surface area contributed by atoms with Crippen molar-refractivity contribution in [2.24, 2.45) is 0 Å². The maximum absolute atomic E-state index is 11.4. The Kier molecular flexibility index (Phi) is 3.07. The topological polar surface area (TPSA) is 57.8 Å². The van der Waals surface area contributed by atoms with Crippen LogP contribution < -0.4 is 11.0 Å². The molecule has 0 fully saturated rings. The molecule has 0 amide bonds. The molecular formula is C11H12BrN3O. The Labute approximate surface area is 101 Å². The van der Waals surface area contributed by atoms with Gasteiger partial charge in [0.15, 0.2) is 0 Å². The molecule has 4 nitrogen and oxygen atoms in total.